The lowest BCUT2D eigenvalue weighted by atomic mass is 9.76. The van der Waals surface area contributed by atoms with Gasteiger partial charge in [-0.1, -0.05) is 18.2 Å². The molecule has 2 aliphatic heterocycles. The van der Waals surface area contributed by atoms with Crippen molar-refractivity contribution in [1.82, 2.24) is 5.43 Å². The third kappa shape index (κ3) is 3.53. The largest absolute Gasteiger partial charge is 0.462 e. The van der Waals surface area contributed by atoms with Crippen LogP contribution in [0, 0.1) is 17.0 Å². The first-order chi connectivity index (χ1) is 17.1. The van der Waals surface area contributed by atoms with Gasteiger partial charge in [0.15, 0.2) is 0 Å². The summed E-state index contributed by atoms with van der Waals surface area (Å²) in [4.78, 5) is 25.0. The smallest absolute Gasteiger partial charge is 0.271 e. The molecule has 0 radical (unpaired) electrons. The van der Waals surface area contributed by atoms with Crippen molar-refractivity contribution in [1.29, 1.82) is 0 Å². The van der Waals surface area contributed by atoms with Crippen LogP contribution < -0.4 is 15.1 Å². The monoisotopic (exact) mass is 482 g/mol. The first-order valence-electron chi connectivity index (χ1n) is 11.6. The average Bonchev–Trinajstić information content (AvgIpc) is 3.02. The Labute approximate surface area is 209 Å². The van der Waals surface area contributed by atoms with Crippen LogP contribution in [0.25, 0.3) is 6.08 Å². The molecule has 8 nitrogen and oxygen atoms in total. The Bertz CT molecular complexity index is 1440. The molecule has 1 atom stereocenters. The first kappa shape index (κ1) is 23.3. The molecule has 1 unspecified atom stereocenters. The highest BCUT2D eigenvalue weighted by atomic mass is 16.6. The van der Waals surface area contributed by atoms with Gasteiger partial charge in [0.2, 0.25) is 5.72 Å². The summed E-state index contributed by atoms with van der Waals surface area (Å²) in [5, 5.41) is 15.0. The number of ether oxygens (including phenoxy) is 1. The van der Waals surface area contributed by atoms with Crippen LogP contribution in [-0.2, 0) is 5.41 Å². The molecule has 5 rings (SSSR count). The number of anilines is 1. The Morgan fingerprint density at radius 2 is 1.86 bits per heavy atom. The Hall–Kier alpha value is -4.46. The number of aryl methyl sites for hydroxylation is 1. The summed E-state index contributed by atoms with van der Waals surface area (Å²) in [6, 6.07) is 17.7. The summed E-state index contributed by atoms with van der Waals surface area (Å²) in [7, 11) is 2.04. The number of likely N-dealkylation sites (N-methyl/N-ethyl adjacent to an activating group) is 1. The highest BCUT2D eigenvalue weighted by Gasteiger charge is 2.57. The van der Waals surface area contributed by atoms with Gasteiger partial charge in [0.05, 0.1) is 16.6 Å². The first-order valence-corrected chi connectivity index (χ1v) is 11.6. The molecule has 0 saturated heterocycles. The summed E-state index contributed by atoms with van der Waals surface area (Å²) >= 11 is 0. The molecule has 1 N–H and O–H groups in total. The van der Waals surface area contributed by atoms with E-state index in [0.717, 1.165) is 22.4 Å². The molecule has 0 aliphatic carbocycles. The maximum Gasteiger partial charge on any atom is 0.271 e. The molecule has 36 heavy (non-hydrogen) atoms. The maximum absolute atomic E-state index is 12.5. The van der Waals surface area contributed by atoms with Gasteiger partial charge in [0.1, 0.15) is 5.75 Å². The van der Waals surface area contributed by atoms with Gasteiger partial charge >= 0.3 is 0 Å². The van der Waals surface area contributed by atoms with Gasteiger partial charge < -0.3 is 9.64 Å². The minimum absolute atomic E-state index is 0.0810. The quantitative estimate of drug-likeness (QED) is 0.313. The predicted octanol–water partition coefficient (Wildman–Crippen LogP) is 5.20. The van der Waals surface area contributed by atoms with Gasteiger partial charge in [0, 0.05) is 41.6 Å². The predicted molar refractivity (Wildman–Crippen MR) is 140 cm³/mol. The molecule has 182 valence electrons. The Morgan fingerprint density at radius 3 is 2.56 bits per heavy atom. The molecular weight excluding hydrogens is 456 g/mol. The fourth-order valence-corrected chi connectivity index (χ4v) is 5.12. The van der Waals surface area contributed by atoms with E-state index in [2.05, 4.69) is 59.6 Å². The van der Waals surface area contributed by atoms with Crippen molar-refractivity contribution in [3.8, 4) is 5.75 Å². The molecule has 0 aromatic heterocycles. The van der Waals surface area contributed by atoms with Gasteiger partial charge in [0.25, 0.3) is 11.6 Å². The van der Waals surface area contributed by atoms with Crippen LogP contribution in [0.1, 0.15) is 46.5 Å². The molecule has 0 bridgehead atoms. The topological polar surface area (TPSA) is 97.1 Å². The van der Waals surface area contributed by atoms with Crippen molar-refractivity contribution in [2.75, 3.05) is 11.9 Å². The second-order valence-electron chi connectivity index (χ2n) is 9.61. The third-order valence-corrected chi connectivity index (χ3v) is 7.08. The van der Waals surface area contributed by atoms with Gasteiger partial charge in [-0.2, -0.15) is 5.10 Å². The van der Waals surface area contributed by atoms with Crippen LogP contribution >= 0.6 is 0 Å². The SMILES string of the molecule is Cc1cc2c(c(/C=N/NC(=O)c3ccc([N+](=O)[O-])cc3)c1)OC1(C=C2)N(C)c2ccccc2C1(C)C. The number of nitrogens with one attached hydrogen (secondary N) is 1. The van der Waals surface area contributed by atoms with Crippen LogP contribution in [0.3, 0.4) is 0 Å². The van der Waals surface area contributed by atoms with Gasteiger partial charge in [-0.15, -0.1) is 0 Å². The van der Waals surface area contributed by atoms with Gasteiger partial charge in [-0.25, -0.2) is 5.43 Å². The number of rotatable bonds is 4. The second-order valence-corrected chi connectivity index (χ2v) is 9.61. The van der Waals surface area contributed by atoms with Crippen LogP contribution in [0.4, 0.5) is 11.4 Å². The number of hydrazone groups is 1. The molecular formula is C28H26N4O4. The fourth-order valence-electron chi connectivity index (χ4n) is 5.12. The van der Waals surface area contributed by atoms with E-state index in [1.807, 2.05) is 32.2 Å². The van der Waals surface area contributed by atoms with Crippen molar-refractivity contribution in [3.05, 3.63) is 105 Å². The molecule has 3 aromatic carbocycles. The number of nitro benzene ring substituents is 1. The standard InChI is InChI=1S/C28H26N4O4/c1-18-15-20-13-14-28(27(2,3)23-7-5-6-8-24(23)31(28)4)36-25(20)21(16-18)17-29-30-26(33)19-9-11-22(12-10-19)32(34)35/h5-17H,1-4H3,(H,30,33)/b29-17+. The number of fused-ring (bicyclic) bond motifs is 2. The van der Waals surface area contributed by atoms with Crippen LogP contribution in [0.5, 0.6) is 5.75 Å². The van der Waals surface area contributed by atoms with Crippen molar-refractivity contribution in [2.24, 2.45) is 5.10 Å². The lowest BCUT2D eigenvalue weighted by Crippen LogP contribution is -2.58. The molecule has 2 heterocycles. The van der Waals surface area contributed by atoms with E-state index in [9.17, 15) is 14.9 Å². The summed E-state index contributed by atoms with van der Waals surface area (Å²) in [6.07, 6.45) is 5.77. The number of carbonyl (C=O) groups is 1. The molecule has 0 fully saturated rings. The normalized spacial score (nSPS) is 19.2. The molecule has 0 saturated carbocycles. The van der Waals surface area contributed by atoms with E-state index in [1.54, 1.807) is 6.21 Å². The van der Waals surface area contributed by atoms with E-state index >= 15 is 0 Å². The number of nitrogens with zero attached hydrogens (tertiary/aromatic N) is 3. The average molecular weight is 483 g/mol. The zero-order valence-electron chi connectivity index (χ0n) is 20.5. The van der Waals surface area contributed by atoms with Crippen molar-refractivity contribution < 1.29 is 14.5 Å². The summed E-state index contributed by atoms with van der Waals surface area (Å²) in [5.41, 5.74) is 6.65. The zero-order valence-corrected chi connectivity index (χ0v) is 20.5. The number of nitro groups is 1. The van der Waals surface area contributed by atoms with Crippen molar-refractivity contribution in [2.45, 2.75) is 31.9 Å². The summed E-state index contributed by atoms with van der Waals surface area (Å²) in [5.74, 6) is 0.219. The number of hydrogen-bond donors (Lipinski definition) is 1. The fraction of sp³-hybridized carbons (Fsp3) is 0.214. The number of non-ortho nitro benzene ring substituents is 1. The number of hydrogen-bond acceptors (Lipinski definition) is 6. The number of para-hydroxylation sites is 1. The number of carbonyl (C=O) groups excluding carboxylic acids is 1. The minimum atomic E-state index is -0.733. The Kier molecular flexibility index (Phi) is 5.39. The molecule has 1 amide bonds. The van der Waals surface area contributed by atoms with E-state index < -0.39 is 16.6 Å². The lowest BCUT2D eigenvalue weighted by molar-refractivity contribution is -0.384. The second kappa shape index (κ2) is 8.34. The van der Waals surface area contributed by atoms with Crippen molar-refractivity contribution in [3.63, 3.8) is 0 Å². The summed E-state index contributed by atoms with van der Waals surface area (Å²) < 4.78 is 6.83. The number of benzene rings is 3. The van der Waals surface area contributed by atoms with E-state index in [1.165, 1.54) is 29.8 Å². The zero-order chi connectivity index (χ0) is 25.7. The molecule has 3 aromatic rings. The van der Waals surface area contributed by atoms with E-state index in [0.29, 0.717) is 5.75 Å². The highest BCUT2D eigenvalue weighted by molar-refractivity contribution is 5.95. The molecule has 2 aliphatic rings. The summed E-state index contributed by atoms with van der Waals surface area (Å²) in [6.45, 7) is 6.35. The molecule has 1 spiro atoms. The molecule has 8 heteroatoms. The minimum Gasteiger partial charge on any atom is -0.462 e. The van der Waals surface area contributed by atoms with Gasteiger partial charge in [-0.3, -0.25) is 14.9 Å². The third-order valence-electron chi connectivity index (χ3n) is 7.08. The van der Waals surface area contributed by atoms with E-state index in [-0.39, 0.29) is 16.7 Å². The van der Waals surface area contributed by atoms with Crippen LogP contribution in [0.15, 0.2) is 71.8 Å². The maximum atomic E-state index is 12.5. The van der Waals surface area contributed by atoms with Crippen LogP contribution in [0.2, 0.25) is 0 Å². The lowest BCUT2D eigenvalue weighted by Gasteiger charge is -2.46. The highest BCUT2D eigenvalue weighted by Crippen LogP contribution is 2.54. The van der Waals surface area contributed by atoms with Crippen molar-refractivity contribution >= 4 is 29.6 Å². The van der Waals surface area contributed by atoms with Crippen LogP contribution in [-0.4, -0.2) is 29.8 Å². The number of amides is 1. The Morgan fingerprint density at radius 1 is 1.14 bits per heavy atom. The van der Waals surface area contributed by atoms with Gasteiger partial charge in [-0.05, 0) is 74.4 Å². The Balaban J connectivity index is 1.44. The van der Waals surface area contributed by atoms with E-state index in [4.69, 9.17) is 4.74 Å².